The number of aliphatic hydroxyl groups excluding tert-OH is 1. The first-order valence-electron chi connectivity index (χ1n) is 4.49. The molecule has 0 aliphatic heterocycles. The van der Waals surface area contributed by atoms with Crippen LogP contribution in [0, 0.1) is 3.57 Å². The second-order valence-corrected chi connectivity index (χ2v) is 4.61. The number of hydrogen-bond donors (Lipinski definition) is 2. The molecule has 0 aliphatic rings. The summed E-state index contributed by atoms with van der Waals surface area (Å²) < 4.78 is 0.990. The van der Waals surface area contributed by atoms with Crippen LogP contribution >= 0.6 is 34.2 Å². The van der Waals surface area contributed by atoms with E-state index in [-0.39, 0.29) is 12.5 Å². The Morgan fingerprint density at radius 2 is 2.27 bits per heavy atom. The topological polar surface area (TPSA) is 49.3 Å². The molecule has 5 heteroatoms. The van der Waals surface area contributed by atoms with Gasteiger partial charge < -0.3 is 10.4 Å². The maximum Gasteiger partial charge on any atom is 0.252 e. The zero-order chi connectivity index (χ0) is 11.3. The summed E-state index contributed by atoms with van der Waals surface area (Å²) in [6.07, 6.45) is 0.549. The first-order valence-corrected chi connectivity index (χ1v) is 5.95. The van der Waals surface area contributed by atoms with Gasteiger partial charge in [-0.25, -0.2) is 0 Å². The molecule has 0 heterocycles. The summed E-state index contributed by atoms with van der Waals surface area (Å²) >= 11 is 8.05. The summed E-state index contributed by atoms with van der Waals surface area (Å²) in [5.74, 6) is -0.204. The van der Waals surface area contributed by atoms with Crippen molar-refractivity contribution < 1.29 is 9.90 Å². The van der Waals surface area contributed by atoms with Crippen LogP contribution in [-0.2, 0) is 0 Å². The van der Waals surface area contributed by atoms with Crippen LogP contribution in [0.15, 0.2) is 18.2 Å². The predicted octanol–water partition coefficient (Wildman–Crippen LogP) is 2.06. The van der Waals surface area contributed by atoms with E-state index in [1.54, 1.807) is 12.1 Å². The van der Waals surface area contributed by atoms with Crippen LogP contribution < -0.4 is 5.32 Å². The Balaban J connectivity index is 2.65. The van der Waals surface area contributed by atoms with Crippen molar-refractivity contribution in [2.24, 2.45) is 0 Å². The number of halogens is 2. The molecule has 0 spiro atoms. The van der Waals surface area contributed by atoms with Gasteiger partial charge in [0.25, 0.3) is 5.91 Å². The van der Waals surface area contributed by atoms with Crippen molar-refractivity contribution in [1.29, 1.82) is 0 Å². The average Bonchev–Trinajstić information content (AvgIpc) is 2.17. The van der Waals surface area contributed by atoms with E-state index in [2.05, 4.69) is 27.9 Å². The molecule has 1 amide bonds. The van der Waals surface area contributed by atoms with Crippen LogP contribution in [0.2, 0.25) is 5.02 Å². The van der Waals surface area contributed by atoms with Crippen LogP contribution in [0.1, 0.15) is 16.8 Å². The van der Waals surface area contributed by atoms with Crippen molar-refractivity contribution in [3.8, 4) is 0 Å². The maximum atomic E-state index is 11.6. The van der Waals surface area contributed by atoms with Gasteiger partial charge in [0.2, 0.25) is 0 Å². The number of aliphatic hydroxyl groups is 1. The molecule has 3 nitrogen and oxygen atoms in total. The van der Waals surface area contributed by atoms with E-state index >= 15 is 0 Å². The number of benzene rings is 1. The molecular weight excluding hydrogens is 328 g/mol. The normalized spacial score (nSPS) is 10.1. The molecule has 1 aromatic rings. The number of rotatable bonds is 4. The lowest BCUT2D eigenvalue weighted by molar-refractivity contribution is 0.0951. The molecule has 0 fully saturated rings. The molecule has 0 aromatic heterocycles. The van der Waals surface area contributed by atoms with Crippen molar-refractivity contribution in [1.82, 2.24) is 5.32 Å². The highest BCUT2D eigenvalue weighted by Crippen LogP contribution is 2.18. The van der Waals surface area contributed by atoms with Gasteiger partial charge in [-0.15, -0.1) is 0 Å². The van der Waals surface area contributed by atoms with Crippen LogP contribution in [0.4, 0.5) is 0 Å². The lowest BCUT2D eigenvalue weighted by Crippen LogP contribution is -2.25. The molecule has 0 bridgehead atoms. The number of amides is 1. The lowest BCUT2D eigenvalue weighted by Gasteiger charge is -2.05. The summed E-state index contributed by atoms with van der Waals surface area (Å²) in [4.78, 5) is 11.6. The van der Waals surface area contributed by atoms with E-state index in [0.29, 0.717) is 23.6 Å². The minimum atomic E-state index is -0.204. The number of carbonyl (C=O) groups is 1. The fourth-order valence-electron chi connectivity index (χ4n) is 1.05. The minimum Gasteiger partial charge on any atom is -0.396 e. The SMILES string of the molecule is O=C(NCCCO)c1ccc(I)cc1Cl. The Kier molecular flexibility index (Phi) is 5.35. The van der Waals surface area contributed by atoms with Crippen LogP contribution in [0.25, 0.3) is 0 Å². The van der Waals surface area contributed by atoms with Gasteiger partial charge in [0.15, 0.2) is 0 Å². The molecule has 0 saturated heterocycles. The van der Waals surface area contributed by atoms with Gasteiger partial charge in [0.1, 0.15) is 0 Å². The summed E-state index contributed by atoms with van der Waals surface area (Å²) in [5.41, 5.74) is 0.468. The Hall–Kier alpha value is -0.330. The zero-order valence-corrected chi connectivity index (χ0v) is 10.9. The largest absolute Gasteiger partial charge is 0.396 e. The number of nitrogens with one attached hydrogen (secondary N) is 1. The Labute approximate surface area is 107 Å². The molecule has 15 heavy (non-hydrogen) atoms. The molecule has 0 unspecified atom stereocenters. The summed E-state index contributed by atoms with van der Waals surface area (Å²) in [7, 11) is 0. The van der Waals surface area contributed by atoms with E-state index in [0.717, 1.165) is 3.57 Å². The van der Waals surface area contributed by atoms with Crippen molar-refractivity contribution in [2.45, 2.75) is 6.42 Å². The fraction of sp³-hybridized carbons (Fsp3) is 0.300. The first kappa shape index (κ1) is 12.7. The van der Waals surface area contributed by atoms with Gasteiger partial charge in [-0.05, 0) is 47.2 Å². The van der Waals surface area contributed by atoms with Gasteiger partial charge in [-0.1, -0.05) is 11.6 Å². The average molecular weight is 340 g/mol. The molecule has 0 aliphatic carbocycles. The Bertz CT molecular complexity index is 357. The zero-order valence-electron chi connectivity index (χ0n) is 7.96. The number of hydrogen-bond acceptors (Lipinski definition) is 2. The predicted molar refractivity (Wildman–Crippen MR) is 68.2 cm³/mol. The monoisotopic (exact) mass is 339 g/mol. The third-order valence-corrected chi connectivity index (χ3v) is 2.78. The van der Waals surface area contributed by atoms with Gasteiger partial charge in [0.05, 0.1) is 10.6 Å². The van der Waals surface area contributed by atoms with Gasteiger partial charge in [-0.2, -0.15) is 0 Å². The van der Waals surface area contributed by atoms with E-state index in [1.165, 1.54) is 0 Å². The van der Waals surface area contributed by atoms with E-state index in [4.69, 9.17) is 16.7 Å². The highest BCUT2D eigenvalue weighted by atomic mass is 127. The molecule has 1 aromatic carbocycles. The summed E-state index contributed by atoms with van der Waals surface area (Å²) in [6.45, 7) is 0.526. The van der Waals surface area contributed by atoms with Crippen LogP contribution in [-0.4, -0.2) is 24.2 Å². The van der Waals surface area contributed by atoms with Gasteiger partial charge in [-0.3, -0.25) is 4.79 Å². The van der Waals surface area contributed by atoms with Crippen molar-refractivity contribution >= 4 is 40.1 Å². The van der Waals surface area contributed by atoms with Crippen molar-refractivity contribution in [3.63, 3.8) is 0 Å². The smallest absolute Gasteiger partial charge is 0.252 e. The molecule has 2 N–H and O–H groups in total. The summed E-state index contributed by atoms with van der Waals surface area (Å²) in [6, 6.07) is 5.26. The van der Waals surface area contributed by atoms with Crippen LogP contribution in [0.5, 0.6) is 0 Å². The lowest BCUT2D eigenvalue weighted by atomic mass is 10.2. The van der Waals surface area contributed by atoms with Gasteiger partial charge in [0, 0.05) is 16.7 Å². The van der Waals surface area contributed by atoms with E-state index in [1.807, 2.05) is 6.07 Å². The standard InChI is InChI=1S/C10H11ClINO2/c11-9-6-7(12)2-3-8(9)10(15)13-4-1-5-14/h2-3,6,14H,1,4-5H2,(H,13,15). The second kappa shape index (κ2) is 6.30. The minimum absolute atomic E-state index is 0.0701. The van der Waals surface area contributed by atoms with E-state index in [9.17, 15) is 4.79 Å². The van der Waals surface area contributed by atoms with Gasteiger partial charge >= 0.3 is 0 Å². The molecule has 1 rings (SSSR count). The van der Waals surface area contributed by atoms with Crippen molar-refractivity contribution in [3.05, 3.63) is 32.4 Å². The quantitative estimate of drug-likeness (QED) is 0.652. The first-order chi connectivity index (χ1) is 7.15. The fourth-order valence-corrected chi connectivity index (χ4v) is 1.99. The van der Waals surface area contributed by atoms with E-state index < -0.39 is 0 Å². The third kappa shape index (κ3) is 3.96. The van der Waals surface area contributed by atoms with Crippen LogP contribution in [0.3, 0.4) is 0 Å². The molecule has 0 atom stereocenters. The number of carbonyl (C=O) groups excluding carboxylic acids is 1. The second-order valence-electron chi connectivity index (χ2n) is 2.96. The highest BCUT2D eigenvalue weighted by molar-refractivity contribution is 14.1. The third-order valence-electron chi connectivity index (χ3n) is 1.80. The maximum absolute atomic E-state index is 11.6. The highest BCUT2D eigenvalue weighted by Gasteiger charge is 2.09. The molecular formula is C10H11ClINO2. The molecule has 0 radical (unpaired) electrons. The summed E-state index contributed by atoms with van der Waals surface area (Å²) in [5, 5.41) is 11.7. The Morgan fingerprint density at radius 1 is 1.53 bits per heavy atom. The molecule has 0 saturated carbocycles. The Morgan fingerprint density at radius 3 is 2.87 bits per heavy atom. The molecule has 82 valence electrons. The van der Waals surface area contributed by atoms with Crippen molar-refractivity contribution in [2.75, 3.05) is 13.2 Å².